The van der Waals surface area contributed by atoms with Crippen molar-refractivity contribution in [2.45, 2.75) is 18.4 Å². The fraction of sp³-hybridized carbons (Fsp3) is 0.304. The predicted molar refractivity (Wildman–Crippen MR) is 120 cm³/mol. The third-order valence-corrected chi connectivity index (χ3v) is 6.24. The first kappa shape index (κ1) is 20.5. The molecule has 0 atom stereocenters. The Labute approximate surface area is 180 Å². The number of para-hydroxylation sites is 2. The summed E-state index contributed by atoms with van der Waals surface area (Å²) in [6.07, 6.45) is 1.98. The lowest BCUT2D eigenvalue weighted by atomic mass is 10.2. The summed E-state index contributed by atoms with van der Waals surface area (Å²) < 4.78 is 7.32. The average Bonchev–Trinajstić information content (AvgIpc) is 3.12. The van der Waals surface area contributed by atoms with Gasteiger partial charge in [0.05, 0.1) is 19.0 Å². The summed E-state index contributed by atoms with van der Waals surface area (Å²) in [4.78, 5) is 28.0. The van der Waals surface area contributed by atoms with Gasteiger partial charge >= 0.3 is 0 Å². The number of aromatic nitrogens is 1. The molecule has 6 nitrogen and oxygen atoms in total. The lowest BCUT2D eigenvalue weighted by Gasteiger charge is -2.27. The molecule has 2 amide bonds. The van der Waals surface area contributed by atoms with Crippen molar-refractivity contribution < 1.29 is 14.3 Å². The number of nitrogens with zero attached hydrogens (tertiary/aromatic N) is 2. The van der Waals surface area contributed by atoms with E-state index in [9.17, 15) is 9.59 Å². The highest BCUT2D eigenvalue weighted by atomic mass is 32.2. The number of nitrogens with one attached hydrogen (secondary N) is 1. The molecule has 7 heteroatoms. The molecule has 1 N–H and O–H groups in total. The minimum absolute atomic E-state index is 0.0458. The van der Waals surface area contributed by atoms with Gasteiger partial charge in [0.15, 0.2) is 0 Å². The van der Waals surface area contributed by atoms with Crippen molar-refractivity contribution in [1.29, 1.82) is 0 Å². The molecule has 0 bridgehead atoms. The Morgan fingerprint density at radius 1 is 1.07 bits per heavy atom. The summed E-state index contributed by atoms with van der Waals surface area (Å²) in [5, 5.41) is 4.03. The second-order valence-electron chi connectivity index (χ2n) is 7.28. The first-order chi connectivity index (χ1) is 14.6. The van der Waals surface area contributed by atoms with Gasteiger partial charge in [0.25, 0.3) is 0 Å². The lowest BCUT2D eigenvalue weighted by molar-refractivity contribution is -0.135. The Morgan fingerprint density at radius 2 is 1.80 bits per heavy atom. The van der Waals surface area contributed by atoms with Crippen molar-refractivity contribution >= 4 is 40.2 Å². The van der Waals surface area contributed by atoms with Crippen LogP contribution in [0.2, 0.25) is 0 Å². The number of hydrogen-bond donors (Lipinski definition) is 1. The fourth-order valence-electron chi connectivity index (χ4n) is 3.56. The van der Waals surface area contributed by atoms with Crippen LogP contribution in [0.1, 0.15) is 5.56 Å². The van der Waals surface area contributed by atoms with Gasteiger partial charge in [0, 0.05) is 40.8 Å². The van der Waals surface area contributed by atoms with Gasteiger partial charge in [-0.15, -0.1) is 11.8 Å². The number of thioether (sulfide) groups is 1. The van der Waals surface area contributed by atoms with E-state index in [0.29, 0.717) is 32.1 Å². The molecule has 4 rings (SSSR count). The van der Waals surface area contributed by atoms with Crippen molar-refractivity contribution in [2.24, 2.45) is 0 Å². The predicted octanol–water partition coefficient (Wildman–Crippen LogP) is 3.54. The SMILES string of the molecule is Cc1ccccc1NC(=O)CSc1cn(CC(=O)N2CCOCC2)c2ccccc12. The molecule has 0 aliphatic carbocycles. The standard InChI is InChI=1S/C23H25N3O3S/c1-17-6-2-4-8-19(17)24-22(27)16-30-21-14-26(20-9-5-3-7-18(20)21)15-23(28)25-10-12-29-13-11-25/h2-9,14H,10-13,15-16H2,1H3,(H,24,27). The van der Waals surface area contributed by atoms with Crippen LogP contribution < -0.4 is 5.32 Å². The lowest BCUT2D eigenvalue weighted by Crippen LogP contribution is -2.42. The number of amides is 2. The Kier molecular flexibility index (Phi) is 6.40. The van der Waals surface area contributed by atoms with Crippen molar-refractivity contribution in [2.75, 3.05) is 37.4 Å². The monoisotopic (exact) mass is 423 g/mol. The molecule has 1 aliphatic heterocycles. The Morgan fingerprint density at radius 3 is 2.60 bits per heavy atom. The minimum Gasteiger partial charge on any atom is -0.378 e. The summed E-state index contributed by atoms with van der Waals surface area (Å²) in [6, 6.07) is 15.7. The summed E-state index contributed by atoms with van der Waals surface area (Å²) in [6.45, 7) is 4.72. The number of carbonyl (C=O) groups is 2. The second kappa shape index (κ2) is 9.36. The molecule has 3 aromatic rings. The van der Waals surface area contributed by atoms with Crippen LogP contribution in [0.3, 0.4) is 0 Å². The molecule has 156 valence electrons. The molecular weight excluding hydrogens is 398 g/mol. The van der Waals surface area contributed by atoms with E-state index in [1.165, 1.54) is 11.8 Å². The molecule has 1 fully saturated rings. The number of aryl methyl sites for hydroxylation is 1. The molecule has 1 aliphatic rings. The largest absolute Gasteiger partial charge is 0.378 e. The van der Waals surface area contributed by atoms with Crippen molar-refractivity contribution in [1.82, 2.24) is 9.47 Å². The highest BCUT2D eigenvalue weighted by Crippen LogP contribution is 2.30. The molecule has 1 saturated heterocycles. The summed E-state index contributed by atoms with van der Waals surface area (Å²) >= 11 is 1.49. The van der Waals surface area contributed by atoms with E-state index >= 15 is 0 Å². The molecule has 2 aromatic carbocycles. The zero-order valence-electron chi connectivity index (χ0n) is 17.0. The van der Waals surface area contributed by atoms with E-state index in [0.717, 1.165) is 27.0 Å². The summed E-state index contributed by atoms with van der Waals surface area (Å²) in [7, 11) is 0. The fourth-order valence-corrected chi connectivity index (χ4v) is 4.45. The van der Waals surface area contributed by atoms with Crippen molar-refractivity contribution in [3.8, 4) is 0 Å². The smallest absolute Gasteiger partial charge is 0.242 e. The number of carbonyl (C=O) groups excluding carboxylic acids is 2. The summed E-state index contributed by atoms with van der Waals surface area (Å²) in [5.74, 6) is 0.350. The number of benzene rings is 2. The second-order valence-corrected chi connectivity index (χ2v) is 8.30. The topological polar surface area (TPSA) is 63.6 Å². The van der Waals surface area contributed by atoms with Gasteiger partial charge in [-0.2, -0.15) is 0 Å². The van der Waals surface area contributed by atoms with Gasteiger partial charge < -0.3 is 19.5 Å². The van der Waals surface area contributed by atoms with Crippen LogP contribution in [0.5, 0.6) is 0 Å². The van der Waals surface area contributed by atoms with E-state index in [2.05, 4.69) is 5.32 Å². The van der Waals surface area contributed by atoms with E-state index in [4.69, 9.17) is 4.74 Å². The molecule has 0 unspecified atom stereocenters. The zero-order chi connectivity index (χ0) is 20.9. The van der Waals surface area contributed by atoms with E-state index in [1.807, 2.05) is 71.1 Å². The van der Waals surface area contributed by atoms with Gasteiger partial charge in [0.2, 0.25) is 11.8 Å². The van der Waals surface area contributed by atoms with Crippen LogP contribution in [0.4, 0.5) is 5.69 Å². The minimum atomic E-state index is -0.0458. The zero-order valence-corrected chi connectivity index (χ0v) is 17.8. The first-order valence-electron chi connectivity index (χ1n) is 10.0. The van der Waals surface area contributed by atoms with E-state index in [-0.39, 0.29) is 18.4 Å². The number of ether oxygens (including phenoxy) is 1. The third-order valence-electron chi connectivity index (χ3n) is 5.20. The highest BCUT2D eigenvalue weighted by Gasteiger charge is 2.19. The highest BCUT2D eigenvalue weighted by molar-refractivity contribution is 8.00. The van der Waals surface area contributed by atoms with E-state index in [1.54, 1.807) is 0 Å². The summed E-state index contributed by atoms with van der Waals surface area (Å²) in [5.41, 5.74) is 2.87. The molecule has 0 spiro atoms. The molecule has 0 radical (unpaired) electrons. The van der Waals surface area contributed by atoms with Crippen LogP contribution >= 0.6 is 11.8 Å². The van der Waals surface area contributed by atoms with Gasteiger partial charge in [-0.25, -0.2) is 0 Å². The quantitative estimate of drug-likeness (QED) is 0.616. The maximum atomic E-state index is 12.7. The normalized spacial score (nSPS) is 14.1. The first-order valence-corrected chi connectivity index (χ1v) is 11.0. The van der Waals surface area contributed by atoms with Gasteiger partial charge in [-0.05, 0) is 24.6 Å². The molecule has 30 heavy (non-hydrogen) atoms. The van der Waals surface area contributed by atoms with E-state index < -0.39 is 0 Å². The van der Waals surface area contributed by atoms with Gasteiger partial charge in [-0.1, -0.05) is 36.4 Å². The van der Waals surface area contributed by atoms with Crippen LogP contribution in [0.15, 0.2) is 59.6 Å². The number of morpholine rings is 1. The Hall–Kier alpha value is -2.77. The van der Waals surface area contributed by atoms with Crippen LogP contribution in [-0.4, -0.2) is 53.3 Å². The third kappa shape index (κ3) is 4.68. The van der Waals surface area contributed by atoms with Crippen LogP contribution in [-0.2, 0) is 20.9 Å². The van der Waals surface area contributed by atoms with Crippen LogP contribution in [0, 0.1) is 6.92 Å². The molecule has 1 aromatic heterocycles. The maximum absolute atomic E-state index is 12.7. The Bertz CT molecular complexity index is 1060. The average molecular weight is 424 g/mol. The van der Waals surface area contributed by atoms with Crippen molar-refractivity contribution in [3.63, 3.8) is 0 Å². The number of fused-ring (bicyclic) bond motifs is 1. The molecule has 2 heterocycles. The van der Waals surface area contributed by atoms with Crippen molar-refractivity contribution in [3.05, 3.63) is 60.3 Å². The number of anilines is 1. The number of rotatable bonds is 6. The Balaban J connectivity index is 1.46. The van der Waals surface area contributed by atoms with Gasteiger partial charge in [-0.3, -0.25) is 9.59 Å². The maximum Gasteiger partial charge on any atom is 0.242 e. The molecule has 0 saturated carbocycles. The van der Waals surface area contributed by atoms with Gasteiger partial charge in [0.1, 0.15) is 6.54 Å². The number of hydrogen-bond acceptors (Lipinski definition) is 4. The molecular formula is C23H25N3O3S. The van der Waals surface area contributed by atoms with Crippen LogP contribution in [0.25, 0.3) is 10.9 Å².